The number of aromatic nitrogens is 2. The summed E-state index contributed by atoms with van der Waals surface area (Å²) in [7, 11) is 0. The average molecular weight is 500 g/mol. The van der Waals surface area contributed by atoms with E-state index in [0.29, 0.717) is 5.41 Å². The number of hydrogen-bond acceptors (Lipinski definition) is 3. The first-order valence-electron chi connectivity index (χ1n) is 12.0. The number of nitrogens with zero attached hydrogens (tertiary/aromatic N) is 2. The Hall–Kier alpha value is -1.82. The van der Waals surface area contributed by atoms with E-state index in [0.717, 1.165) is 25.2 Å². The molecule has 1 atom stereocenters. The SMILES string of the molecule is CC(C)(C)OC(=O)N1CCC[C@H]1c1ncc(C23CCC(c4cccc(Br)c4)(CC2)CC3)[nH]1. The van der Waals surface area contributed by atoms with Crippen molar-refractivity contribution in [1.82, 2.24) is 14.9 Å². The highest BCUT2D eigenvalue weighted by molar-refractivity contribution is 9.10. The molecule has 0 radical (unpaired) electrons. The molecule has 1 N–H and O–H groups in total. The summed E-state index contributed by atoms with van der Waals surface area (Å²) in [6.45, 7) is 6.48. The number of nitrogens with one attached hydrogen (secondary N) is 1. The van der Waals surface area contributed by atoms with E-state index in [1.807, 2.05) is 25.7 Å². The fraction of sp³-hybridized carbons (Fsp3) is 0.615. The summed E-state index contributed by atoms with van der Waals surface area (Å²) in [6.07, 6.45) is 11.0. The Bertz CT molecular complexity index is 984. The maximum atomic E-state index is 12.7. The molecule has 6 rings (SSSR count). The highest BCUT2D eigenvalue weighted by Gasteiger charge is 2.51. The summed E-state index contributed by atoms with van der Waals surface area (Å²) in [5, 5.41) is 0. The van der Waals surface area contributed by atoms with Gasteiger partial charge in [0, 0.05) is 28.3 Å². The Kier molecular flexibility index (Phi) is 5.43. The molecule has 1 aromatic heterocycles. The van der Waals surface area contributed by atoms with Gasteiger partial charge in [0.05, 0.1) is 6.04 Å². The molecule has 1 aromatic carbocycles. The van der Waals surface area contributed by atoms with Crippen LogP contribution in [0.25, 0.3) is 0 Å². The number of rotatable bonds is 3. The maximum absolute atomic E-state index is 12.7. The van der Waals surface area contributed by atoms with Crippen molar-refractivity contribution in [3.05, 3.63) is 52.0 Å². The second kappa shape index (κ2) is 7.89. The van der Waals surface area contributed by atoms with Gasteiger partial charge in [-0.15, -0.1) is 0 Å². The van der Waals surface area contributed by atoms with Crippen molar-refractivity contribution >= 4 is 22.0 Å². The van der Waals surface area contributed by atoms with Crippen molar-refractivity contribution in [3.8, 4) is 0 Å². The predicted octanol–water partition coefficient (Wildman–Crippen LogP) is 6.79. The molecule has 2 heterocycles. The number of ether oxygens (including phenoxy) is 1. The summed E-state index contributed by atoms with van der Waals surface area (Å²) in [6, 6.07) is 8.90. The van der Waals surface area contributed by atoms with Crippen LogP contribution in [0.1, 0.15) is 95.3 Å². The molecule has 4 aliphatic rings. The molecule has 2 aromatic rings. The molecule has 0 unspecified atom stereocenters. The number of fused-ring (bicyclic) bond motifs is 3. The predicted molar refractivity (Wildman–Crippen MR) is 129 cm³/mol. The van der Waals surface area contributed by atoms with Crippen molar-refractivity contribution < 1.29 is 9.53 Å². The van der Waals surface area contributed by atoms with Gasteiger partial charge in [-0.05, 0) is 95.2 Å². The molecule has 6 heteroatoms. The van der Waals surface area contributed by atoms with E-state index in [9.17, 15) is 4.79 Å². The lowest BCUT2D eigenvalue weighted by Gasteiger charge is -2.53. The van der Waals surface area contributed by atoms with Crippen LogP contribution in [0.15, 0.2) is 34.9 Å². The zero-order valence-electron chi connectivity index (χ0n) is 19.4. The molecule has 3 saturated carbocycles. The molecule has 4 fully saturated rings. The third-order valence-electron chi connectivity index (χ3n) is 8.05. The number of amides is 1. The molecule has 3 aliphatic carbocycles. The number of aromatic amines is 1. The van der Waals surface area contributed by atoms with E-state index in [-0.39, 0.29) is 17.6 Å². The van der Waals surface area contributed by atoms with Crippen LogP contribution in [0, 0.1) is 0 Å². The lowest BCUT2D eigenvalue weighted by Crippen LogP contribution is -2.46. The first kappa shape index (κ1) is 22.0. The summed E-state index contributed by atoms with van der Waals surface area (Å²) in [4.78, 5) is 23.1. The standard InChI is InChI=1S/C26H34BrN3O2/c1-24(2,3)32-23(31)30-15-5-8-20(30)22-28-17-21(29-22)26-12-9-25(10-13-26,11-14-26)18-6-4-7-19(27)16-18/h4,6-7,16-17,20H,5,8-15H2,1-3H3,(H,28,29)/t20-,25?,26?/m0/s1. The van der Waals surface area contributed by atoms with E-state index < -0.39 is 5.60 Å². The Morgan fingerprint density at radius 3 is 2.50 bits per heavy atom. The minimum absolute atomic E-state index is 0.0112. The monoisotopic (exact) mass is 499 g/mol. The number of carbonyl (C=O) groups excluding carboxylic acids is 1. The average Bonchev–Trinajstić information content (AvgIpc) is 3.44. The van der Waals surface area contributed by atoms with Crippen LogP contribution in [0.4, 0.5) is 4.79 Å². The van der Waals surface area contributed by atoms with E-state index in [1.54, 1.807) is 0 Å². The highest BCUT2D eigenvalue weighted by Crippen LogP contribution is 2.58. The van der Waals surface area contributed by atoms with Gasteiger partial charge >= 0.3 is 6.09 Å². The summed E-state index contributed by atoms with van der Waals surface area (Å²) < 4.78 is 6.82. The largest absolute Gasteiger partial charge is 0.444 e. The van der Waals surface area contributed by atoms with Gasteiger partial charge < -0.3 is 9.72 Å². The fourth-order valence-electron chi connectivity index (χ4n) is 6.21. The molecule has 32 heavy (non-hydrogen) atoms. The van der Waals surface area contributed by atoms with E-state index in [4.69, 9.17) is 9.72 Å². The molecule has 1 amide bonds. The normalized spacial score (nSPS) is 30.0. The number of benzene rings is 1. The van der Waals surface area contributed by atoms with Crippen LogP contribution in [-0.2, 0) is 15.6 Å². The number of imidazole rings is 1. The number of hydrogen-bond donors (Lipinski definition) is 1. The van der Waals surface area contributed by atoms with Gasteiger partial charge in [0.2, 0.25) is 0 Å². The van der Waals surface area contributed by atoms with E-state index in [2.05, 4.69) is 51.4 Å². The number of H-pyrrole nitrogens is 1. The van der Waals surface area contributed by atoms with Crippen molar-refractivity contribution in [2.75, 3.05) is 6.54 Å². The minimum Gasteiger partial charge on any atom is -0.444 e. The van der Waals surface area contributed by atoms with Crippen LogP contribution < -0.4 is 0 Å². The van der Waals surface area contributed by atoms with Crippen LogP contribution in [0.5, 0.6) is 0 Å². The molecule has 5 nitrogen and oxygen atoms in total. The van der Waals surface area contributed by atoms with Gasteiger partial charge in [-0.3, -0.25) is 4.90 Å². The van der Waals surface area contributed by atoms with Crippen molar-refractivity contribution in [1.29, 1.82) is 0 Å². The molecule has 2 bridgehead atoms. The third kappa shape index (κ3) is 3.89. The van der Waals surface area contributed by atoms with Crippen LogP contribution >= 0.6 is 15.9 Å². The first-order valence-corrected chi connectivity index (χ1v) is 12.8. The van der Waals surface area contributed by atoms with Gasteiger partial charge in [-0.2, -0.15) is 0 Å². The van der Waals surface area contributed by atoms with Gasteiger partial charge in [0.15, 0.2) is 0 Å². The topological polar surface area (TPSA) is 58.2 Å². The zero-order chi connectivity index (χ0) is 22.6. The molecule has 1 aliphatic heterocycles. The van der Waals surface area contributed by atoms with E-state index >= 15 is 0 Å². The van der Waals surface area contributed by atoms with E-state index in [1.165, 1.54) is 54.3 Å². The number of likely N-dealkylation sites (tertiary alicyclic amines) is 1. The van der Waals surface area contributed by atoms with Crippen LogP contribution in [-0.4, -0.2) is 33.1 Å². The lowest BCUT2D eigenvalue weighted by molar-refractivity contribution is 0.0218. The van der Waals surface area contributed by atoms with Crippen molar-refractivity contribution in [2.24, 2.45) is 0 Å². The number of carbonyl (C=O) groups is 1. The molecular weight excluding hydrogens is 466 g/mol. The zero-order valence-corrected chi connectivity index (χ0v) is 21.0. The van der Waals surface area contributed by atoms with Crippen LogP contribution in [0.3, 0.4) is 0 Å². The Labute approximate surface area is 199 Å². The first-order chi connectivity index (χ1) is 15.2. The van der Waals surface area contributed by atoms with Crippen molar-refractivity contribution in [2.45, 2.75) is 94.6 Å². The quantitative estimate of drug-likeness (QED) is 0.505. The Morgan fingerprint density at radius 1 is 1.16 bits per heavy atom. The van der Waals surface area contributed by atoms with Crippen LogP contribution in [0.2, 0.25) is 0 Å². The van der Waals surface area contributed by atoms with Crippen molar-refractivity contribution in [3.63, 3.8) is 0 Å². The van der Waals surface area contributed by atoms with Gasteiger partial charge in [-0.25, -0.2) is 9.78 Å². The summed E-state index contributed by atoms with van der Waals surface area (Å²) in [5.74, 6) is 0.923. The summed E-state index contributed by atoms with van der Waals surface area (Å²) >= 11 is 3.66. The molecular formula is C26H34BrN3O2. The maximum Gasteiger partial charge on any atom is 0.410 e. The summed E-state index contributed by atoms with van der Waals surface area (Å²) in [5.41, 5.74) is 2.81. The minimum atomic E-state index is -0.484. The van der Waals surface area contributed by atoms with Gasteiger partial charge in [0.25, 0.3) is 0 Å². The smallest absolute Gasteiger partial charge is 0.410 e. The Morgan fingerprint density at radius 2 is 1.84 bits per heavy atom. The second-order valence-electron chi connectivity index (χ2n) is 11.1. The van der Waals surface area contributed by atoms with Gasteiger partial charge in [-0.1, -0.05) is 28.1 Å². The lowest BCUT2D eigenvalue weighted by atomic mass is 9.51. The Balaban J connectivity index is 1.32. The third-order valence-corrected chi connectivity index (χ3v) is 8.54. The molecule has 172 valence electrons. The number of halogens is 1. The highest BCUT2D eigenvalue weighted by atomic mass is 79.9. The van der Waals surface area contributed by atoms with Gasteiger partial charge in [0.1, 0.15) is 11.4 Å². The molecule has 1 saturated heterocycles. The molecule has 0 spiro atoms. The second-order valence-corrected chi connectivity index (χ2v) is 12.0. The fourth-order valence-corrected chi connectivity index (χ4v) is 6.61.